The van der Waals surface area contributed by atoms with Crippen molar-refractivity contribution < 1.29 is 4.39 Å². The first kappa shape index (κ1) is 9.68. The van der Waals surface area contributed by atoms with Crippen molar-refractivity contribution in [2.45, 2.75) is 0 Å². The summed E-state index contributed by atoms with van der Waals surface area (Å²) in [5.74, 6) is -0.403. The summed E-state index contributed by atoms with van der Waals surface area (Å²) < 4.78 is 13.0. The molecule has 0 aromatic carbocycles. The van der Waals surface area contributed by atoms with E-state index in [0.717, 1.165) is 0 Å². The average molecular weight is 250 g/mol. The van der Waals surface area contributed by atoms with Crippen molar-refractivity contribution >= 4 is 33.6 Å². The monoisotopic (exact) mass is 249 g/mol. The van der Waals surface area contributed by atoms with Gasteiger partial charge >= 0.3 is 0 Å². The molecule has 0 bridgehead atoms. The molecule has 0 N–H and O–H groups in total. The molecule has 0 fully saturated rings. The van der Waals surface area contributed by atoms with E-state index in [1.165, 1.54) is 12.3 Å². The van der Waals surface area contributed by atoms with Gasteiger partial charge in [0.25, 0.3) is 0 Å². The Morgan fingerprint density at radius 2 is 2.42 bits per heavy atom. The Hall–Kier alpha value is -0.410. The second-order valence-corrected chi connectivity index (χ2v) is 3.16. The molecule has 0 aliphatic carbocycles. The summed E-state index contributed by atoms with van der Waals surface area (Å²) in [7, 11) is 0. The second kappa shape index (κ2) is 4.58. The summed E-state index contributed by atoms with van der Waals surface area (Å²) in [4.78, 5) is 3.80. The van der Waals surface area contributed by atoms with Crippen LogP contribution >= 0.6 is 27.5 Å². The van der Waals surface area contributed by atoms with E-state index in [4.69, 9.17) is 11.6 Å². The molecule has 1 heterocycles. The molecular formula is C8H6BrClFN. The SMILES string of the molecule is Fc1cc(Cl)cnc1C=CCBr. The largest absolute Gasteiger partial charge is 0.252 e. The highest BCUT2D eigenvalue weighted by molar-refractivity contribution is 9.09. The fourth-order valence-electron chi connectivity index (χ4n) is 0.704. The highest BCUT2D eigenvalue weighted by Crippen LogP contribution is 2.12. The Morgan fingerprint density at radius 1 is 1.67 bits per heavy atom. The second-order valence-electron chi connectivity index (χ2n) is 2.08. The number of allylic oxidation sites excluding steroid dienone is 1. The quantitative estimate of drug-likeness (QED) is 0.734. The summed E-state index contributed by atoms with van der Waals surface area (Å²) >= 11 is 8.70. The fourth-order valence-corrected chi connectivity index (χ4v) is 1.04. The van der Waals surface area contributed by atoms with Crippen molar-refractivity contribution in [1.29, 1.82) is 0 Å². The lowest BCUT2D eigenvalue weighted by molar-refractivity contribution is 0.618. The van der Waals surface area contributed by atoms with Crippen LogP contribution in [0.4, 0.5) is 4.39 Å². The summed E-state index contributed by atoms with van der Waals surface area (Å²) in [6.45, 7) is 0. The maximum atomic E-state index is 13.0. The van der Waals surface area contributed by atoms with Gasteiger partial charge in [0.1, 0.15) is 5.82 Å². The Balaban J connectivity index is 2.94. The van der Waals surface area contributed by atoms with Gasteiger partial charge in [0.05, 0.1) is 10.7 Å². The smallest absolute Gasteiger partial charge is 0.150 e. The topological polar surface area (TPSA) is 12.9 Å². The molecule has 0 saturated carbocycles. The van der Waals surface area contributed by atoms with Gasteiger partial charge in [-0.25, -0.2) is 4.39 Å². The van der Waals surface area contributed by atoms with Gasteiger partial charge in [-0.05, 0) is 12.1 Å². The lowest BCUT2D eigenvalue weighted by Gasteiger charge is -1.94. The Morgan fingerprint density at radius 3 is 3.00 bits per heavy atom. The maximum Gasteiger partial charge on any atom is 0.150 e. The van der Waals surface area contributed by atoms with E-state index in [1.807, 2.05) is 0 Å². The van der Waals surface area contributed by atoms with Crippen LogP contribution in [0.3, 0.4) is 0 Å². The Kier molecular flexibility index (Phi) is 3.69. The van der Waals surface area contributed by atoms with Crippen LogP contribution < -0.4 is 0 Å². The van der Waals surface area contributed by atoms with Gasteiger partial charge in [0.15, 0.2) is 0 Å². The summed E-state index contributed by atoms with van der Waals surface area (Å²) in [5.41, 5.74) is 0.304. The molecule has 0 unspecified atom stereocenters. The van der Waals surface area contributed by atoms with Gasteiger partial charge in [-0.15, -0.1) is 0 Å². The van der Waals surface area contributed by atoms with Crippen molar-refractivity contribution in [3.63, 3.8) is 0 Å². The van der Waals surface area contributed by atoms with E-state index in [-0.39, 0.29) is 0 Å². The van der Waals surface area contributed by atoms with Crippen LogP contribution in [0.2, 0.25) is 5.02 Å². The van der Waals surface area contributed by atoms with Gasteiger partial charge in [0.2, 0.25) is 0 Å². The van der Waals surface area contributed by atoms with Crippen molar-refractivity contribution in [1.82, 2.24) is 4.98 Å². The zero-order chi connectivity index (χ0) is 8.97. The van der Waals surface area contributed by atoms with E-state index in [1.54, 1.807) is 12.2 Å². The molecule has 12 heavy (non-hydrogen) atoms. The van der Waals surface area contributed by atoms with Gasteiger partial charge in [-0.2, -0.15) is 0 Å². The predicted octanol–water partition coefficient (Wildman–Crippen LogP) is 3.28. The number of rotatable bonds is 2. The molecule has 0 aliphatic rings. The van der Waals surface area contributed by atoms with E-state index < -0.39 is 5.82 Å². The third-order valence-electron chi connectivity index (χ3n) is 1.20. The van der Waals surface area contributed by atoms with E-state index in [9.17, 15) is 4.39 Å². The molecule has 0 atom stereocenters. The van der Waals surface area contributed by atoms with Gasteiger partial charge in [0, 0.05) is 11.5 Å². The third-order valence-corrected chi connectivity index (χ3v) is 1.78. The molecule has 0 spiro atoms. The number of hydrogen-bond donors (Lipinski definition) is 0. The lowest BCUT2D eigenvalue weighted by Crippen LogP contribution is -1.86. The number of nitrogens with zero attached hydrogens (tertiary/aromatic N) is 1. The first-order chi connectivity index (χ1) is 5.74. The molecule has 0 saturated heterocycles. The normalized spacial score (nSPS) is 10.9. The third kappa shape index (κ3) is 2.57. The average Bonchev–Trinajstić information content (AvgIpc) is 2.03. The predicted molar refractivity (Wildman–Crippen MR) is 52.0 cm³/mol. The van der Waals surface area contributed by atoms with Crippen molar-refractivity contribution in [3.05, 3.63) is 34.9 Å². The number of halogens is 3. The number of aromatic nitrogens is 1. The molecule has 64 valence electrons. The van der Waals surface area contributed by atoms with Crippen LogP contribution in [0.15, 0.2) is 18.3 Å². The van der Waals surface area contributed by atoms with Gasteiger partial charge in [-0.3, -0.25) is 4.98 Å². The molecule has 1 rings (SSSR count). The van der Waals surface area contributed by atoms with Crippen LogP contribution in [0.1, 0.15) is 5.69 Å². The summed E-state index contributed by atoms with van der Waals surface area (Å²) in [6, 6.07) is 1.24. The molecule has 1 nitrogen and oxygen atoms in total. The maximum absolute atomic E-state index is 13.0. The molecule has 1 aromatic heterocycles. The van der Waals surface area contributed by atoms with Crippen LogP contribution in [-0.2, 0) is 0 Å². The summed E-state index contributed by atoms with van der Waals surface area (Å²) in [5, 5.41) is 0.986. The highest BCUT2D eigenvalue weighted by Gasteiger charge is 1.99. The molecule has 0 amide bonds. The van der Waals surface area contributed by atoms with Crippen LogP contribution in [-0.4, -0.2) is 10.3 Å². The standard InChI is InChI=1S/C8H6BrClFN/c9-3-1-2-8-7(11)4-6(10)5-12-8/h1-2,4-5H,3H2. The molecular weight excluding hydrogens is 244 g/mol. The summed E-state index contributed by atoms with van der Waals surface area (Å²) in [6.07, 6.45) is 4.78. The molecule has 0 aliphatic heterocycles. The minimum absolute atomic E-state index is 0.304. The number of hydrogen-bond acceptors (Lipinski definition) is 1. The van der Waals surface area contributed by atoms with Gasteiger partial charge in [-0.1, -0.05) is 33.6 Å². The molecule has 1 aromatic rings. The Labute approximate surface area is 83.4 Å². The van der Waals surface area contributed by atoms with Crippen LogP contribution in [0.5, 0.6) is 0 Å². The minimum atomic E-state index is -0.403. The fraction of sp³-hybridized carbons (Fsp3) is 0.125. The molecule has 0 radical (unpaired) electrons. The lowest BCUT2D eigenvalue weighted by atomic mass is 10.3. The first-order valence-electron chi connectivity index (χ1n) is 3.27. The van der Waals surface area contributed by atoms with Crippen LogP contribution in [0, 0.1) is 5.82 Å². The van der Waals surface area contributed by atoms with Crippen molar-refractivity contribution in [3.8, 4) is 0 Å². The minimum Gasteiger partial charge on any atom is -0.252 e. The van der Waals surface area contributed by atoms with E-state index in [2.05, 4.69) is 20.9 Å². The van der Waals surface area contributed by atoms with Crippen molar-refractivity contribution in [2.24, 2.45) is 0 Å². The molecule has 4 heteroatoms. The highest BCUT2D eigenvalue weighted by atomic mass is 79.9. The number of alkyl halides is 1. The zero-order valence-corrected chi connectivity index (χ0v) is 8.44. The number of pyridine rings is 1. The Bertz CT molecular complexity index is 301. The van der Waals surface area contributed by atoms with E-state index in [0.29, 0.717) is 16.0 Å². The van der Waals surface area contributed by atoms with Gasteiger partial charge < -0.3 is 0 Å². The zero-order valence-electron chi connectivity index (χ0n) is 6.10. The van der Waals surface area contributed by atoms with Crippen molar-refractivity contribution in [2.75, 3.05) is 5.33 Å². The van der Waals surface area contributed by atoms with E-state index >= 15 is 0 Å². The first-order valence-corrected chi connectivity index (χ1v) is 4.77. The van der Waals surface area contributed by atoms with Crippen LogP contribution in [0.25, 0.3) is 6.08 Å².